The number of ether oxygens (including phenoxy) is 9. The highest BCUT2D eigenvalue weighted by atomic mass is 16.8. The number of aliphatic hydroxyl groups excluding tert-OH is 14. The average Bonchev–Trinajstić information content (AvgIpc) is 3.25. The van der Waals surface area contributed by atoms with Crippen LogP contribution in [-0.2, 0) is 57.0 Å². The SMILES string of the molecule is CC(=O)N[C@@H]1[C@@H](O)[C@H](O[C@@H]2O[C@H](CO)[C@@H](O[C@@H]3O[C@H](CO[C@H]4O[C@H](CO[C@@H]5O[C@H](CO)[C@@H](O)[C@H](O)[C@H]5NC(C)=O)[C@@H](O)[C@H](O)[C@@H]4O)[C@@H](O)[C@H](O)[C@@H]3O)[C@H](O)[C@H]2NC(C)=O)[C@@H](CO)O[C@H]1O. The van der Waals surface area contributed by atoms with Crippen molar-refractivity contribution in [2.45, 2.75) is 174 Å². The molecule has 0 aromatic carbocycles. The lowest BCUT2D eigenvalue weighted by atomic mass is 9.94. The molecule has 25 atom stereocenters. The Labute approximate surface area is 369 Å². The van der Waals surface area contributed by atoms with Gasteiger partial charge in [0.15, 0.2) is 31.5 Å². The lowest BCUT2D eigenvalue weighted by Gasteiger charge is -2.49. The van der Waals surface area contributed by atoms with Crippen LogP contribution in [0.3, 0.4) is 0 Å². The Kier molecular flexibility index (Phi) is 19.1. The molecule has 0 aromatic heterocycles. The van der Waals surface area contributed by atoms with Crippen molar-refractivity contribution in [3.05, 3.63) is 0 Å². The van der Waals surface area contributed by atoms with Crippen molar-refractivity contribution in [1.29, 1.82) is 0 Å². The van der Waals surface area contributed by atoms with Crippen molar-refractivity contribution in [3.63, 3.8) is 0 Å². The van der Waals surface area contributed by atoms with Crippen LogP contribution >= 0.6 is 0 Å². The zero-order chi connectivity index (χ0) is 48.2. The van der Waals surface area contributed by atoms with Gasteiger partial charge in [-0.25, -0.2) is 0 Å². The Morgan fingerprint density at radius 1 is 0.400 bits per heavy atom. The fourth-order valence-corrected chi connectivity index (χ4v) is 8.04. The second kappa shape index (κ2) is 23.2. The molecule has 5 saturated heterocycles. The first-order valence-corrected chi connectivity index (χ1v) is 20.6. The Balaban J connectivity index is 1.26. The van der Waals surface area contributed by atoms with E-state index < -0.39 is 204 Å². The van der Waals surface area contributed by atoms with E-state index in [2.05, 4.69) is 16.0 Å². The van der Waals surface area contributed by atoms with Crippen molar-refractivity contribution >= 4 is 17.7 Å². The van der Waals surface area contributed by atoms with Crippen molar-refractivity contribution in [2.24, 2.45) is 0 Å². The predicted molar refractivity (Wildman–Crippen MR) is 201 cm³/mol. The monoisotopic (exact) mass is 951 g/mol. The number of hydrogen-bond acceptors (Lipinski definition) is 26. The van der Waals surface area contributed by atoms with E-state index in [1.165, 1.54) is 0 Å². The molecule has 0 radical (unpaired) electrons. The summed E-state index contributed by atoms with van der Waals surface area (Å²) >= 11 is 0. The van der Waals surface area contributed by atoms with Gasteiger partial charge in [0, 0.05) is 20.8 Å². The Bertz CT molecular complexity index is 1560. The lowest BCUT2D eigenvalue weighted by molar-refractivity contribution is -0.366. The first-order valence-electron chi connectivity index (χ1n) is 20.6. The van der Waals surface area contributed by atoms with E-state index in [0.717, 1.165) is 20.8 Å². The van der Waals surface area contributed by atoms with Crippen LogP contribution in [0.25, 0.3) is 0 Å². The minimum Gasteiger partial charge on any atom is -0.394 e. The van der Waals surface area contributed by atoms with Gasteiger partial charge in [0.2, 0.25) is 17.7 Å². The molecular formula is C36H61N3O26. The molecule has 5 aliphatic heterocycles. The molecule has 376 valence electrons. The first kappa shape index (κ1) is 53.4. The van der Waals surface area contributed by atoms with Crippen molar-refractivity contribution in [2.75, 3.05) is 33.0 Å². The maximum absolute atomic E-state index is 12.3. The van der Waals surface area contributed by atoms with Crippen LogP contribution < -0.4 is 16.0 Å². The van der Waals surface area contributed by atoms with Gasteiger partial charge in [-0.2, -0.15) is 0 Å². The van der Waals surface area contributed by atoms with Crippen molar-refractivity contribution < 1.29 is 129 Å². The van der Waals surface area contributed by atoms with Gasteiger partial charge in [-0.1, -0.05) is 0 Å². The van der Waals surface area contributed by atoms with Crippen molar-refractivity contribution in [1.82, 2.24) is 16.0 Å². The number of hydrogen-bond donors (Lipinski definition) is 17. The summed E-state index contributed by atoms with van der Waals surface area (Å²) in [5.41, 5.74) is 0. The molecule has 0 spiro atoms. The normalized spacial score (nSPS) is 47.1. The second-order valence-corrected chi connectivity index (χ2v) is 16.2. The van der Waals surface area contributed by atoms with Crippen molar-refractivity contribution in [3.8, 4) is 0 Å². The van der Waals surface area contributed by atoms with Crippen LogP contribution in [0.1, 0.15) is 20.8 Å². The summed E-state index contributed by atoms with van der Waals surface area (Å²) in [5.74, 6) is -2.11. The number of rotatable bonds is 16. The summed E-state index contributed by atoms with van der Waals surface area (Å²) in [7, 11) is 0. The summed E-state index contributed by atoms with van der Waals surface area (Å²) in [5, 5.41) is 155. The molecule has 5 aliphatic rings. The molecule has 5 fully saturated rings. The molecule has 3 amide bonds. The molecule has 29 heteroatoms. The third-order valence-corrected chi connectivity index (χ3v) is 11.5. The number of nitrogens with one attached hydrogen (secondary N) is 3. The standard InChI is InChI=1S/C36H61N3O26/c1-9(43)37-17-24(50)30(13(5-41)59-32(17)56)64-34-19(39-11(3)45)25(51)31(14(6-42)61-34)65-36-29(55)27(53)22(48)16(63-36)8-58-35-28(54)26(52)21(47)15(62-35)7-57-33-18(38-10(2)44)23(49)20(46)12(4-40)60-33/h12-36,40-42,46-56H,4-8H2,1-3H3,(H,37,43)(H,38,44)(H,39,45)/t12-,13-,14-,15-,16-,17-,18-,19-,20-,21-,22-,23-,24-,25-,26+,27+,28+,29+,30-,31-,32-,33-,34+,35+,36+/m1/s1. The predicted octanol–water partition coefficient (Wildman–Crippen LogP) is -11.5. The van der Waals surface area contributed by atoms with E-state index in [-0.39, 0.29) is 0 Å². The average molecular weight is 952 g/mol. The van der Waals surface area contributed by atoms with Gasteiger partial charge in [-0.15, -0.1) is 0 Å². The summed E-state index contributed by atoms with van der Waals surface area (Å²) < 4.78 is 50.9. The van der Waals surface area contributed by atoms with E-state index in [4.69, 9.17) is 42.6 Å². The number of amides is 3. The van der Waals surface area contributed by atoms with Crippen LogP contribution in [0.15, 0.2) is 0 Å². The largest absolute Gasteiger partial charge is 0.394 e. The summed E-state index contributed by atoms with van der Waals surface area (Å²) in [6.07, 6.45) is -38.9. The molecule has 0 aliphatic carbocycles. The van der Waals surface area contributed by atoms with E-state index in [0.29, 0.717) is 0 Å². The third kappa shape index (κ3) is 12.2. The molecule has 65 heavy (non-hydrogen) atoms. The molecule has 0 unspecified atom stereocenters. The topological polar surface area (TPSA) is 454 Å². The Morgan fingerprint density at radius 2 is 0.769 bits per heavy atom. The molecule has 0 saturated carbocycles. The van der Waals surface area contributed by atoms with Crippen LogP contribution in [-0.4, -0.2) is 276 Å². The number of carbonyl (C=O) groups is 3. The first-order chi connectivity index (χ1) is 30.6. The molecule has 17 N–H and O–H groups in total. The quantitative estimate of drug-likeness (QED) is 0.0683. The number of aliphatic hydroxyl groups is 14. The van der Waals surface area contributed by atoms with Crippen LogP contribution in [0.5, 0.6) is 0 Å². The van der Waals surface area contributed by atoms with Crippen LogP contribution in [0.4, 0.5) is 0 Å². The van der Waals surface area contributed by atoms with Gasteiger partial charge < -0.3 is 130 Å². The van der Waals surface area contributed by atoms with E-state index in [1.807, 2.05) is 0 Å². The molecule has 5 rings (SSSR count). The fourth-order valence-electron chi connectivity index (χ4n) is 8.04. The smallest absolute Gasteiger partial charge is 0.217 e. The summed E-state index contributed by atoms with van der Waals surface area (Å²) in [6.45, 7) is -0.826. The highest BCUT2D eigenvalue weighted by molar-refractivity contribution is 5.74. The lowest BCUT2D eigenvalue weighted by Crippen LogP contribution is -2.70. The van der Waals surface area contributed by atoms with Gasteiger partial charge in [-0.05, 0) is 0 Å². The molecule has 5 heterocycles. The molecular weight excluding hydrogens is 890 g/mol. The maximum atomic E-state index is 12.3. The minimum absolute atomic E-state index is 0.657. The van der Waals surface area contributed by atoms with Crippen LogP contribution in [0, 0.1) is 0 Å². The maximum Gasteiger partial charge on any atom is 0.217 e. The minimum atomic E-state index is -2.08. The molecule has 29 nitrogen and oxygen atoms in total. The van der Waals surface area contributed by atoms with Gasteiger partial charge in [-0.3, -0.25) is 14.4 Å². The highest BCUT2D eigenvalue weighted by Crippen LogP contribution is 2.33. The van der Waals surface area contributed by atoms with Gasteiger partial charge in [0.1, 0.15) is 122 Å². The highest BCUT2D eigenvalue weighted by Gasteiger charge is 2.55. The van der Waals surface area contributed by atoms with E-state index >= 15 is 0 Å². The van der Waals surface area contributed by atoms with Crippen LogP contribution in [0.2, 0.25) is 0 Å². The second-order valence-electron chi connectivity index (χ2n) is 16.2. The van der Waals surface area contributed by atoms with Gasteiger partial charge >= 0.3 is 0 Å². The summed E-state index contributed by atoms with van der Waals surface area (Å²) in [6, 6.07) is -4.51. The van der Waals surface area contributed by atoms with Gasteiger partial charge in [0.05, 0.1) is 33.0 Å². The molecule has 0 aromatic rings. The molecule has 0 bridgehead atoms. The summed E-state index contributed by atoms with van der Waals surface area (Å²) in [4.78, 5) is 35.9. The third-order valence-electron chi connectivity index (χ3n) is 11.5. The zero-order valence-corrected chi connectivity index (χ0v) is 35.1. The Morgan fingerprint density at radius 3 is 1.28 bits per heavy atom. The van der Waals surface area contributed by atoms with E-state index in [1.54, 1.807) is 0 Å². The number of carbonyl (C=O) groups excluding carboxylic acids is 3. The zero-order valence-electron chi connectivity index (χ0n) is 35.1. The van der Waals surface area contributed by atoms with Gasteiger partial charge in [0.25, 0.3) is 0 Å². The fraction of sp³-hybridized carbons (Fsp3) is 0.917. The van der Waals surface area contributed by atoms with E-state index in [9.17, 15) is 85.9 Å². The Hall–Kier alpha value is -2.51.